The van der Waals surface area contributed by atoms with E-state index in [0.29, 0.717) is 19.3 Å². The van der Waals surface area contributed by atoms with Gasteiger partial charge in [-0.1, -0.05) is 13.0 Å². The zero-order valence-corrected chi connectivity index (χ0v) is 11.9. The van der Waals surface area contributed by atoms with E-state index in [-0.39, 0.29) is 0 Å². The highest BCUT2D eigenvalue weighted by Crippen LogP contribution is 2.30. The lowest BCUT2D eigenvalue weighted by Gasteiger charge is -2.20. The van der Waals surface area contributed by atoms with Crippen LogP contribution in [0.1, 0.15) is 18.9 Å². The van der Waals surface area contributed by atoms with Gasteiger partial charge in [0, 0.05) is 18.3 Å². The molecule has 0 spiro atoms. The van der Waals surface area contributed by atoms with E-state index in [9.17, 15) is 0 Å². The van der Waals surface area contributed by atoms with E-state index in [1.54, 1.807) is 0 Å². The highest BCUT2D eigenvalue weighted by atomic mass is 32.2. The van der Waals surface area contributed by atoms with Crippen molar-refractivity contribution >= 4 is 11.8 Å². The van der Waals surface area contributed by atoms with Gasteiger partial charge < -0.3 is 14.8 Å². The second kappa shape index (κ2) is 6.90. The molecular formula is C14H21NO2S. The largest absolute Gasteiger partial charge is 0.486 e. The Kier molecular flexibility index (Phi) is 5.20. The molecule has 1 aromatic carbocycles. The fourth-order valence-corrected chi connectivity index (χ4v) is 2.74. The normalized spacial score (nSPS) is 15.4. The molecule has 0 bridgehead atoms. The van der Waals surface area contributed by atoms with Crippen LogP contribution in [0.25, 0.3) is 0 Å². The Bertz CT molecular complexity index is 384. The molecule has 1 aromatic rings. The van der Waals surface area contributed by atoms with Gasteiger partial charge in [0.15, 0.2) is 11.5 Å². The first-order valence-electron chi connectivity index (χ1n) is 6.44. The molecule has 0 saturated carbocycles. The standard InChI is InChI=1S/C14H21NO2S/c1-3-12(10-18-2)15-9-11-4-5-13-14(8-11)17-7-6-16-13/h4-5,8,12,15H,3,6-7,9-10H2,1-2H3. The summed E-state index contributed by atoms with van der Waals surface area (Å²) in [6.07, 6.45) is 3.31. The SMILES string of the molecule is CCC(CSC)NCc1ccc2c(c1)OCCO2. The molecular weight excluding hydrogens is 246 g/mol. The van der Waals surface area contributed by atoms with Crippen molar-refractivity contribution in [1.82, 2.24) is 5.32 Å². The van der Waals surface area contributed by atoms with Gasteiger partial charge in [-0.05, 0) is 30.4 Å². The molecule has 0 radical (unpaired) electrons. The molecule has 1 aliphatic rings. The molecule has 0 aromatic heterocycles. The van der Waals surface area contributed by atoms with E-state index in [1.807, 2.05) is 17.8 Å². The van der Waals surface area contributed by atoms with Gasteiger partial charge in [-0.25, -0.2) is 0 Å². The summed E-state index contributed by atoms with van der Waals surface area (Å²) in [6, 6.07) is 6.76. The third kappa shape index (κ3) is 3.56. The number of hydrogen-bond acceptors (Lipinski definition) is 4. The fraction of sp³-hybridized carbons (Fsp3) is 0.571. The second-order valence-corrected chi connectivity index (χ2v) is 5.33. The van der Waals surface area contributed by atoms with E-state index in [1.165, 1.54) is 5.56 Å². The molecule has 1 heterocycles. The van der Waals surface area contributed by atoms with Gasteiger partial charge in [-0.3, -0.25) is 0 Å². The number of rotatable bonds is 6. The highest BCUT2D eigenvalue weighted by molar-refractivity contribution is 7.98. The lowest BCUT2D eigenvalue weighted by molar-refractivity contribution is 0.171. The summed E-state index contributed by atoms with van der Waals surface area (Å²) in [5.41, 5.74) is 1.25. The Labute approximate surface area is 113 Å². The maximum Gasteiger partial charge on any atom is 0.161 e. The lowest BCUT2D eigenvalue weighted by atomic mass is 10.1. The van der Waals surface area contributed by atoms with Crippen LogP contribution in [0.3, 0.4) is 0 Å². The predicted octanol–water partition coefficient (Wildman–Crippen LogP) is 2.69. The molecule has 4 heteroatoms. The molecule has 2 rings (SSSR count). The topological polar surface area (TPSA) is 30.5 Å². The molecule has 1 unspecified atom stereocenters. The van der Waals surface area contributed by atoms with Crippen molar-refractivity contribution in [3.8, 4) is 11.5 Å². The van der Waals surface area contributed by atoms with Crippen LogP contribution in [-0.4, -0.2) is 31.3 Å². The maximum atomic E-state index is 5.59. The number of fused-ring (bicyclic) bond motifs is 1. The minimum Gasteiger partial charge on any atom is -0.486 e. The van der Waals surface area contributed by atoms with E-state index >= 15 is 0 Å². The molecule has 0 aliphatic carbocycles. The van der Waals surface area contributed by atoms with Crippen LogP contribution in [0.4, 0.5) is 0 Å². The average molecular weight is 267 g/mol. The van der Waals surface area contributed by atoms with E-state index in [4.69, 9.17) is 9.47 Å². The van der Waals surface area contributed by atoms with Gasteiger partial charge in [0.05, 0.1) is 0 Å². The third-order valence-electron chi connectivity index (χ3n) is 3.06. The smallest absolute Gasteiger partial charge is 0.161 e. The zero-order valence-electron chi connectivity index (χ0n) is 11.1. The molecule has 100 valence electrons. The van der Waals surface area contributed by atoms with Crippen molar-refractivity contribution in [3.63, 3.8) is 0 Å². The lowest BCUT2D eigenvalue weighted by Crippen LogP contribution is -2.30. The van der Waals surface area contributed by atoms with Crippen molar-refractivity contribution in [2.24, 2.45) is 0 Å². The van der Waals surface area contributed by atoms with Crippen LogP contribution in [0, 0.1) is 0 Å². The van der Waals surface area contributed by atoms with E-state index < -0.39 is 0 Å². The summed E-state index contributed by atoms with van der Waals surface area (Å²) in [7, 11) is 0. The number of nitrogens with one attached hydrogen (secondary N) is 1. The van der Waals surface area contributed by atoms with Crippen LogP contribution in [0.15, 0.2) is 18.2 Å². The Morgan fingerprint density at radius 2 is 2.06 bits per heavy atom. The first kappa shape index (κ1) is 13.6. The quantitative estimate of drug-likeness (QED) is 0.858. The summed E-state index contributed by atoms with van der Waals surface area (Å²) in [5.74, 6) is 2.89. The van der Waals surface area contributed by atoms with Crippen molar-refractivity contribution in [3.05, 3.63) is 23.8 Å². The average Bonchev–Trinajstić information content (AvgIpc) is 2.43. The maximum absolute atomic E-state index is 5.59. The van der Waals surface area contributed by atoms with Crippen molar-refractivity contribution in [2.45, 2.75) is 25.9 Å². The van der Waals surface area contributed by atoms with Gasteiger partial charge in [0.25, 0.3) is 0 Å². The number of benzene rings is 1. The van der Waals surface area contributed by atoms with E-state index in [0.717, 1.165) is 30.2 Å². The first-order valence-corrected chi connectivity index (χ1v) is 7.83. The molecule has 18 heavy (non-hydrogen) atoms. The van der Waals surface area contributed by atoms with E-state index in [2.05, 4.69) is 30.6 Å². The molecule has 1 N–H and O–H groups in total. The molecule has 1 aliphatic heterocycles. The highest BCUT2D eigenvalue weighted by Gasteiger charge is 2.12. The van der Waals surface area contributed by atoms with Crippen LogP contribution in [-0.2, 0) is 6.54 Å². The van der Waals surface area contributed by atoms with Gasteiger partial charge in [0.1, 0.15) is 13.2 Å². The Morgan fingerprint density at radius 3 is 2.78 bits per heavy atom. The summed E-state index contributed by atoms with van der Waals surface area (Å²) in [4.78, 5) is 0. The fourth-order valence-electron chi connectivity index (χ4n) is 1.98. The minimum atomic E-state index is 0.577. The van der Waals surface area contributed by atoms with Gasteiger partial charge in [-0.2, -0.15) is 11.8 Å². The third-order valence-corrected chi connectivity index (χ3v) is 3.80. The van der Waals surface area contributed by atoms with Crippen molar-refractivity contribution in [2.75, 3.05) is 25.2 Å². The van der Waals surface area contributed by atoms with Gasteiger partial charge in [0.2, 0.25) is 0 Å². The molecule has 0 amide bonds. The van der Waals surface area contributed by atoms with Crippen LogP contribution in [0.5, 0.6) is 11.5 Å². The zero-order chi connectivity index (χ0) is 12.8. The van der Waals surface area contributed by atoms with Crippen LogP contribution < -0.4 is 14.8 Å². The molecule has 0 fully saturated rings. The Balaban J connectivity index is 1.93. The Morgan fingerprint density at radius 1 is 1.28 bits per heavy atom. The Hall–Kier alpha value is -0.870. The monoisotopic (exact) mass is 267 g/mol. The summed E-state index contributed by atoms with van der Waals surface area (Å²) in [6.45, 7) is 4.40. The second-order valence-electron chi connectivity index (χ2n) is 4.42. The van der Waals surface area contributed by atoms with Crippen LogP contribution in [0.2, 0.25) is 0 Å². The predicted molar refractivity (Wildman–Crippen MR) is 76.7 cm³/mol. The van der Waals surface area contributed by atoms with Crippen LogP contribution >= 0.6 is 11.8 Å². The molecule has 1 atom stereocenters. The van der Waals surface area contributed by atoms with Crippen molar-refractivity contribution < 1.29 is 9.47 Å². The number of ether oxygens (including phenoxy) is 2. The first-order chi connectivity index (χ1) is 8.83. The summed E-state index contributed by atoms with van der Waals surface area (Å²) < 4.78 is 11.1. The van der Waals surface area contributed by atoms with Crippen molar-refractivity contribution in [1.29, 1.82) is 0 Å². The number of thioether (sulfide) groups is 1. The molecule has 3 nitrogen and oxygen atoms in total. The number of hydrogen-bond donors (Lipinski definition) is 1. The summed E-state index contributed by atoms with van der Waals surface area (Å²) >= 11 is 1.89. The molecule has 0 saturated heterocycles. The summed E-state index contributed by atoms with van der Waals surface area (Å²) in [5, 5.41) is 3.58. The van der Waals surface area contributed by atoms with Gasteiger partial charge in [-0.15, -0.1) is 0 Å². The van der Waals surface area contributed by atoms with Gasteiger partial charge >= 0.3 is 0 Å². The minimum absolute atomic E-state index is 0.577.